The number of rotatable bonds is 4. The largest absolute Gasteiger partial charge is 0.382 e. The molecule has 4 heteroatoms. The van der Waals surface area contributed by atoms with Crippen molar-refractivity contribution >= 4 is 11.8 Å². The van der Waals surface area contributed by atoms with E-state index in [1.54, 1.807) is 0 Å². The normalized spacial score (nSPS) is 52.2. The fourth-order valence-electron chi connectivity index (χ4n) is 7.70. The van der Waals surface area contributed by atoms with Crippen LogP contribution in [0.5, 0.6) is 0 Å². The summed E-state index contributed by atoms with van der Waals surface area (Å²) in [5.74, 6) is 4.91. The highest BCUT2D eigenvalue weighted by Crippen LogP contribution is 2.61. The summed E-state index contributed by atoms with van der Waals surface area (Å²) in [6.45, 7) is 1.21. The number of hydrogen-bond acceptors (Lipinski definition) is 4. The highest BCUT2D eigenvalue weighted by atomic mass is 32.2. The lowest BCUT2D eigenvalue weighted by molar-refractivity contribution is -0.00731. The Morgan fingerprint density at radius 1 is 0.926 bits per heavy atom. The van der Waals surface area contributed by atoms with Crippen molar-refractivity contribution in [1.29, 1.82) is 0 Å². The smallest absolute Gasteiger partial charge is 0.103 e. The number of nitrogens with one attached hydrogen (secondary N) is 1. The van der Waals surface area contributed by atoms with Crippen LogP contribution in [0.15, 0.2) is 0 Å². The first-order valence-corrected chi connectivity index (χ1v) is 12.8. The number of hydrogen-bond donors (Lipinski definition) is 2. The van der Waals surface area contributed by atoms with Crippen LogP contribution in [0.4, 0.5) is 0 Å². The number of thioether (sulfide) groups is 1. The molecule has 0 aromatic heterocycles. The van der Waals surface area contributed by atoms with Gasteiger partial charge in [-0.15, -0.1) is 11.8 Å². The van der Waals surface area contributed by atoms with Crippen molar-refractivity contribution in [2.75, 3.05) is 13.7 Å². The molecule has 0 bridgehead atoms. The van der Waals surface area contributed by atoms with Crippen molar-refractivity contribution in [1.82, 2.24) is 5.32 Å². The van der Waals surface area contributed by atoms with Gasteiger partial charge in [0, 0.05) is 18.4 Å². The molecule has 0 aromatic carbocycles. The molecule has 1 saturated heterocycles. The number of fused-ring (bicyclic) bond motifs is 2. The van der Waals surface area contributed by atoms with Crippen molar-refractivity contribution in [3.8, 4) is 0 Å². The maximum Gasteiger partial charge on any atom is 0.103 e. The molecule has 0 aromatic rings. The summed E-state index contributed by atoms with van der Waals surface area (Å²) >= 11 is 1.98. The number of methoxy groups -OCH3 is 1. The molecular weight excluding hydrogens is 354 g/mol. The molecule has 4 saturated carbocycles. The minimum absolute atomic E-state index is 0.0755. The lowest BCUT2D eigenvalue weighted by Crippen LogP contribution is -2.54. The van der Waals surface area contributed by atoms with Gasteiger partial charge in [-0.2, -0.15) is 0 Å². The van der Waals surface area contributed by atoms with E-state index in [4.69, 9.17) is 4.74 Å². The van der Waals surface area contributed by atoms with E-state index in [9.17, 15) is 5.11 Å². The SMILES string of the molecule is COC1CCC(CNC2CCC3C(O)SC4C5CCCCC5CC2C34)CC1. The molecule has 27 heavy (non-hydrogen) atoms. The summed E-state index contributed by atoms with van der Waals surface area (Å²) in [5.41, 5.74) is -0.0755. The van der Waals surface area contributed by atoms with Crippen LogP contribution in [0.1, 0.15) is 70.6 Å². The van der Waals surface area contributed by atoms with E-state index < -0.39 is 0 Å². The topological polar surface area (TPSA) is 41.5 Å². The van der Waals surface area contributed by atoms with E-state index in [-0.39, 0.29) is 5.44 Å². The zero-order chi connectivity index (χ0) is 18.4. The Bertz CT molecular complexity index is 509. The monoisotopic (exact) mass is 393 g/mol. The van der Waals surface area contributed by atoms with Gasteiger partial charge in [-0.1, -0.05) is 19.3 Å². The number of aliphatic hydroxyl groups excluding tert-OH is 1. The zero-order valence-corrected chi connectivity index (χ0v) is 17.8. The van der Waals surface area contributed by atoms with Gasteiger partial charge in [0.15, 0.2) is 0 Å². The summed E-state index contributed by atoms with van der Waals surface area (Å²) in [6.07, 6.45) is 15.4. The second-order valence-corrected chi connectivity index (χ2v) is 11.6. The molecule has 5 rings (SSSR count). The highest BCUT2D eigenvalue weighted by Gasteiger charge is 2.57. The van der Waals surface area contributed by atoms with Crippen LogP contribution in [0.3, 0.4) is 0 Å². The van der Waals surface area contributed by atoms with Gasteiger partial charge < -0.3 is 15.2 Å². The van der Waals surface area contributed by atoms with Crippen molar-refractivity contribution < 1.29 is 9.84 Å². The molecule has 154 valence electrons. The summed E-state index contributed by atoms with van der Waals surface area (Å²) in [4.78, 5) is 0. The second kappa shape index (κ2) is 8.16. The third kappa shape index (κ3) is 3.62. The maximum atomic E-state index is 10.8. The van der Waals surface area contributed by atoms with Gasteiger partial charge in [-0.25, -0.2) is 0 Å². The Labute approximate surface area is 169 Å². The average Bonchev–Trinajstić information content (AvgIpc) is 3.05. The van der Waals surface area contributed by atoms with Gasteiger partial charge in [-0.3, -0.25) is 0 Å². The predicted octanol–water partition coefficient (Wildman–Crippen LogP) is 4.44. The minimum Gasteiger partial charge on any atom is -0.382 e. The Kier molecular flexibility index (Phi) is 5.81. The third-order valence-corrected chi connectivity index (χ3v) is 10.7. The van der Waals surface area contributed by atoms with Crippen molar-refractivity contribution in [2.45, 2.75) is 93.5 Å². The van der Waals surface area contributed by atoms with Crippen LogP contribution in [-0.4, -0.2) is 41.6 Å². The lowest BCUT2D eigenvalue weighted by atomic mass is 9.56. The Hall–Kier alpha value is 0.230. The third-order valence-electron chi connectivity index (χ3n) is 9.12. The molecule has 5 aliphatic rings. The molecule has 0 amide bonds. The predicted molar refractivity (Wildman–Crippen MR) is 112 cm³/mol. The van der Waals surface area contributed by atoms with E-state index in [1.165, 1.54) is 77.2 Å². The standard InChI is InChI=1S/C23H39NO2S/c1-26-16-8-6-14(7-9-16)13-24-20-11-10-18-21-19(20)12-15-4-2-3-5-17(15)22(21)27-23(18)25/h14-25H,2-13H2,1H3. The summed E-state index contributed by atoms with van der Waals surface area (Å²) in [7, 11) is 1.87. The van der Waals surface area contributed by atoms with Gasteiger partial charge >= 0.3 is 0 Å². The van der Waals surface area contributed by atoms with E-state index in [1.807, 2.05) is 18.9 Å². The average molecular weight is 394 g/mol. The Balaban J connectivity index is 1.24. The molecule has 1 aliphatic heterocycles. The molecular formula is C23H39NO2S. The van der Waals surface area contributed by atoms with Gasteiger partial charge in [0.05, 0.1) is 6.10 Å². The molecule has 3 nitrogen and oxygen atoms in total. The van der Waals surface area contributed by atoms with Crippen LogP contribution in [0.25, 0.3) is 0 Å². The fourth-order valence-corrected chi connectivity index (χ4v) is 9.69. The van der Waals surface area contributed by atoms with Crippen molar-refractivity contribution in [3.05, 3.63) is 0 Å². The molecule has 1 heterocycles. The van der Waals surface area contributed by atoms with Crippen LogP contribution in [-0.2, 0) is 4.74 Å². The van der Waals surface area contributed by atoms with Gasteiger partial charge in [-0.05, 0) is 93.4 Å². The van der Waals surface area contributed by atoms with Crippen molar-refractivity contribution in [2.24, 2.45) is 35.5 Å². The Morgan fingerprint density at radius 3 is 2.56 bits per heavy atom. The first-order chi connectivity index (χ1) is 13.2. The molecule has 2 N–H and O–H groups in total. The van der Waals surface area contributed by atoms with E-state index in [2.05, 4.69) is 5.32 Å². The molecule has 0 spiro atoms. The molecule has 8 unspecified atom stereocenters. The van der Waals surface area contributed by atoms with Crippen LogP contribution >= 0.6 is 11.8 Å². The quantitative estimate of drug-likeness (QED) is 0.741. The zero-order valence-electron chi connectivity index (χ0n) is 17.0. The second-order valence-electron chi connectivity index (χ2n) is 10.3. The number of ether oxygens (including phenoxy) is 1. The molecule has 0 radical (unpaired) electrons. The van der Waals surface area contributed by atoms with Gasteiger partial charge in [0.1, 0.15) is 5.44 Å². The number of aliphatic hydroxyl groups is 1. The lowest BCUT2D eigenvalue weighted by Gasteiger charge is -2.52. The fraction of sp³-hybridized carbons (Fsp3) is 1.00. The molecule has 5 fully saturated rings. The van der Waals surface area contributed by atoms with Crippen LogP contribution in [0.2, 0.25) is 0 Å². The van der Waals surface area contributed by atoms with Gasteiger partial charge in [0.25, 0.3) is 0 Å². The van der Waals surface area contributed by atoms with Crippen LogP contribution in [0, 0.1) is 35.5 Å². The van der Waals surface area contributed by atoms with Crippen molar-refractivity contribution in [3.63, 3.8) is 0 Å². The summed E-state index contributed by atoms with van der Waals surface area (Å²) < 4.78 is 5.55. The van der Waals surface area contributed by atoms with Gasteiger partial charge in [0.2, 0.25) is 0 Å². The van der Waals surface area contributed by atoms with E-state index in [0.717, 1.165) is 34.8 Å². The van der Waals surface area contributed by atoms with Crippen LogP contribution < -0.4 is 5.32 Å². The van der Waals surface area contributed by atoms with E-state index >= 15 is 0 Å². The molecule has 8 atom stereocenters. The summed E-state index contributed by atoms with van der Waals surface area (Å²) in [5, 5.41) is 15.6. The summed E-state index contributed by atoms with van der Waals surface area (Å²) in [6, 6.07) is 0.711. The van der Waals surface area contributed by atoms with E-state index in [0.29, 0.717) is 18.1 Å². The maximum absolute atomic E-state index is 10.8. The first-order valence-electron chi connectivity index (χ1n) is 11.8. The Morgan fingerprint density at radius 2 is 1.74 bits per heavy atom. The highest BCUT2D eigenvalue weighted by molar-refractivity contribution is 8.00. The first kappa shape index (κ1) is 19.2. The minimum atomic E-state index is -0.0755. The molecule has 4 aliphatic carbocycles.